The van der Waals surface area contributed by atoms with Crippen LogP contribution in [0.4, 0.5) is 0 Å². The Bertz CT molecular complexity index is 573. The molecule has 3 rings (SSSR count). The molecule has 1 aromatic carbocycles. The highest BCUT2D eigenvalue weighted by molar-refractivity contribution is 9.10. The predicted octanol–water partition coefficient (Wildman–Crippen LogP) is 3.84. The van der Waals surface area contributed by atoms with E-state index in [0.717, 1.165) is 35.7 Å². The van der Waals surface area contributed by atoms with Crippen LogP contribution in [0.25, 0.3) is 10.9 Å². The van der Waals surface area contributed by atoms with Gasteiger partial charge in [-0.3, -0.25) is 4.79 Å². The van der Waals surface area contributed by atoms with Gasteiger partial charge in [0.1, 0.15) is 5.78 Å². The lowest BCUT2D eigenvalue weighted by Gasteiger charge is -2.06. The van der Waals surface area contributed by atoms with E-state index in [0.29, 0.717) is 5.78 Å². The molecule has 1 fully saturated rings. The summed E-state index contributed by atoms with van der Waals surface area (Å²) in [7, 11) is 0. The highest BCUT2D eigenvalue weighted by Gasteiger charge is 2.25. The maximum atomic E-state index is 11.7. The first-order valence-electron chi connectivity index (χ1n) is 6.02. The van der Waals surface area contributed by atoms with E-state index in [1.807, 2.05) is 6.20 Å². The molecule has 1 aromatic heterocycles. The van der Waals surface area contributed by atoms with E-state index in [-0.39, 0.29) is 5.92 Å². The Balaban J connectivity index is 1.93. The molecule has 2 aromatic rings. The molecule has 3 heteroatoms. The SMILES string of the molecule is O=C1CCCC1Cc1c[nH]c2cc(Br)ccc12. The lowest BCUT2D eigenvalue weighted by molar-refractivity contribution is -0.120. The number of halogens is 1. The second-order valence-electron chi connectivity index (χ2n) is 4.76. The summed E-state index contributed by atoms with van der Waals surface area (Å²) in [6, 6.07) is 6.25. The van der Waals surface area contributed by atoms with Gasteiger partial charge in [-0.25, -0.2) is 0 Å². The molecule has 1 unspecified atom stereocenters. The minimum Gasteiger partial charge on any atom is -0.361 e. The summed E-state index contributed by atoms with van der Waals surface area (Å²) in [4.78, 5) is 14.9. The van der Waals surface area contributed by atoms with Gasteiger partial charge in [0.25, 0.3) is 0 Å². The molecule has 0 radical (unpaired) electrons. The van der Waals surface area contributed by atoms with Gasteiger partial charge in [-0.2, -0.15) is 0 Å². The van der Waals surface area contributed by atoms with Crippen LogP contribution in [-0.4, -0.2) is 10.8 Å². The number of carbonyl (C=O) groups excluding carboxylic acids is 1. The molecule has 2 nitrogen and oxygen atoms in total. The van der Waals surface area contributed by atoms with Crippen molar-refractivity contribution in [1.82, 2.24) is 4.98 Å². The molecule has 1 saturated carbocycles. The first-order chi connectivity index (χ1) is 8.24. The van der Waals surface area contributed by atoms with Crippen LogP contribution < -0.4 is 0 Å². The maximum absolute atomic E-state index is 11.7. The number of fused-ring (bicyclic) bond motifs is 1. The monoisotopic (exact) mass is 291 g/mol. The number of rotatable bonds is 2. The maximum Gasteiger partial charge on any atom is 0.136 e. The van der Waals surface area contributed by atoms with Crippen LogP contribution in [0.15, 0.2) is 28.9 Å². The molecule has 1 heterocycles. The highest BCUT2D eigenvalue weighted by atomic mass is 79.9. The summed E-state index contributed by atoms with van der Waals surface area (Å²) < 4.78 is 1.08. The Kier molecular flexibility index (Phi) is 2.79. The Labute approximate surface area is 109 Å². The minimum atomic E-state index is 0.248. The molecule has 1 aliphatic carbocycles. The summed E-state index contributed by atoms with van der Waals surface area (Å²) in [6.07, 6.45) is 5.83. The van der Waals surface area contributed by atoms with Crippen molar-refractivity contribution >= 4 is 32.6 Å². The van der Waals surface area contributed by atoms with E-state index in [2.05, 4.69) is 39.1 Å². The van der Waals surface area contributed by atoms with Crippen molar-refractivity contribution in [3.63, 3.8) is 0 Å². The van der Waals surface area contributed by atoms with Crippen LogP contribution >= 0.6 is 15.9 Å². The molecule has 0 aliphatic heterocycles. The van der Waals surface area contributed by atoms with Crippen LogP contribution in [-0.2, 0) is 11.2 Å². The fraction of sp³-hybridized carbons (Fsp3) is 0.357. The fourth-order valence-electron chi connectivity index (χ4n) is 2.70. The zero-order valence-electron chi connectivity index (χ0n) is 9.50. The van der Waals surface area contributed by atoms with Gasteiger partial charge in [-0.05, 0) is 37.0 Å². The van der Waals surface area contributed by atoms with Crippen LogP contribution in [0.3, 0.4) is 0 Å². The van der Waals surface area contributed by atoms with Crippen LogP contribution in [0.5, 0.6) is 0 Å². The van der Waals surface area contributed by atoms with Gasteiger partial charge < -0.3 is 4.98 Å². The van der Waals surface area contributed by atoms with Gasteiger partial charge in [-0.1, -0.05) is 22.0 Å². The summed E-state index contributed by atoms with van der Waals surface area (Å²) in [6.45, 7) is 0. The van der Waals surface area contributed by atoms with Crippen molar-refractivity contribution in [3.05, 3.63) is 34.4 Å². The zero-order chi connectivity index (χ0) is 11.8. The second kappa shape index (κ2) is 4.30. The van der Waals surface area contributed by atoms with Crippen molar-refractivity contribution < 1.29 is 4.79 Å². The Morgan fingerprint density at radius 1 is 1.41 bits per heavy atom. The van der Waals surface area contributed by atoms with E-state index >= 15 is 0 Å². The van der Waals surface area contributed by atoms with E-state index in [4.69, 9.17) is 0 Å². The third kappa shape index (κ3) is 2.04. The third-order valence-corrected chi connectivity index (χ3v) is 4.12. The zero-order valence-corrected chi connectivity index (χ0v) is 11.1. The fourth-order valence-corrected chi connectivity index (χ4v) is 3.06. The van der Waals surface area contributed by atoms with Gasteiger partial charge in [0.05, 0.1) is 0 Å². The van der Waals surface area contributed by atoms with E-state index in [1.54, 1.807) is 0 Å². The summed E-state index contributed by atoms with van der Waals surface area (Å²) >= 11 is 3.47. The molecule has 0 saturated heterocycles. The van der Waals surface area contributed by atoms with Crippen molar-refractivity contribution in [1.29, 1.82) is 0 Å². The van der Waals surface area contributed by atoms with E-state index in [1.165, 1.54) is 10.9 Å². The number of aromatic amines is 1. The molecular formula is C14H14BrNO. The van der Waals surface area contributed by atoms with Crippen molar-refractivity contribution in [3.8, 4) is 0 Å². The van der Waals surface area contributed by atoms with Crippen molar-refractivity contribution in [2.75, 3.05) is 0 Å². The first kappa shape index (κ1) is 11.0. The van der Waals surface area contributed by atoms with Crippen LogP contribution in [0.1, 0.15) is 24.8 Å². The molecule has 88 valence electrons. The number of hydrogen-bond acceptors (Lipinski definition) is 1. The molecule has 0 bridgehead atoms. The Morgan fingerprint density at radius 3 is 3.06 bits per heavy atom. The Morgan fingerprint density at radius 2 is 2.29 bits per heavy atom. The summed E-state index contributed by atoms with van der Waals surface area (Å²) in [5.41, 5.74) is 2.41. The molecule has 0 spiro atoms. The smallest absolute Gasteiger partial charge is 0.136 e. The van der Waals surface area contributed by atoms with Gasteiger partial charge in [0, 0.05) is 33.9 Å². The quantitative estimate of drug-likeness (QED) is 0.896. The van der Waals surface area contributed by atoms with Gasteiger partial charge in [0.15, 0.2) is 0 Å². The number of Topliss-reactive ketones (excluding diaryl/α,β-unsaturated/α-hetero) is 1. The standard InChI is InChI=1S/C14H14BrNO/c15-11-4-5-12-10(8-16-13(12)7-11)6-9-2-1-3-14(9)17/h4-5,7-9,16H,1-3,6H2. The molecule has 1 atom stereocenters. The second-order valence-corrected chi connectivity index (χ2v) is 5.68. The molecular weight excluding hydrogens is 278 g/mol. The van der Waals surface area contributed by atoms with Gasteiger partial charge in [0.2, 0.25) is 0 Å². The van der Waals surface area contributed by atoms with Crippen LogP contribution in [0, 0.1) is 5.92 Å². The number of benzene rings is 1. The Hall–Kier alpha value is -1.09. The average Bonchev–Trinajstić information content (AvgIpc) is 2.87. The number of carbonyl (C=O) groups is 1. The average molecular weight is 292 g/mol. The summed E-state index contributed by atoms with van der Waals surface area (Å²) in [5.74, 6) is 0.689. The molecule has 1 aliphatic rings. The molecule has 17 heavy (non-hydrogen) atoms. The van der Waals surface area contributed by atoms with Crippen molar-refractivity contribution in [2.24, 2.45) is 5.92 Å². The molecule has 1 N–H and O–H groups in total. The first-order valence-corrected chi connectivity index (χ1v) is 6.81. The van der Waals surface area contributed by atoms with E-state index in [9.17, 15) is 4.79 Å². The number of ketones is 1. The number of nitrogens with one attached hydrogen (secondary N) is 1. The molecule has 0 amide bonds. The van der Waals surface area contributed by atoms with E-state index < -0.39 is 0 Å². The lowest BCUT2D eigenvalue weighted by atomic mass is 9.97. The summed E-state index contributed by atoms with van der Waals surface area (Å²) in [5, 5.41) is 1.24. The highest BCUT2D eigenvalue weighted by Crippen LogP contribution is 2.29. The number of aromatic nitrogens is 1. The van der Waals surface area contributed by atoms with Crippen molar-refractivity contribution in [2.45, 2.75) is 25.7 Å². The normalized spacial score (nSPS) is 20.3. The number of hydrogen-bond donors (Lipinski definition) is 1. The van der Waals surface area contributed by atoms with Gasteiger partial charge in [-0.15, -0.1) is 0 Å². The lowest BCUT2D eigenvalue weighted by Crippen LogP contribution is -2.09. The predicted molar refractivity (Wildman–Crippen MR) is 72.1 cm³/mol. The third-order valence-electron chi connectivity index (χ3n) is 3.63. The number of H-pyrrole nitrogens is 1. The topological polar surface area (TPSA) is 32.9 Å². The van der Waals surface area contributed by atoms with Gasteiger partial charge >= 0.3 is 0 Å². The van der Waals surface area contributed by atoms with Crippen LogP contribution in [0.2, 0.25) is 0 Å². The largest absolute Gasteiger partial charge is 0.361 e. The minimum absolute atomic E-state index is 0.248.